The molecule has 116 valence electrons. The number of ether oxygens (including phenoxy) is 1. The predicted octanol–water partition coefficient (Wildman–Crippen LogP) is 2.11. The minimum Gasteiger partial charge on any atom is -0.395 e. The van der Waals surface area contributed by atoms with Gasteiger partial charge in [0.15, 0.2) is 0 Å². The molecule has 1 atom stereocenters. The maximum atomic E-state index is 12.1. The van der Waals surface area contributed by atoms with Crippen molar-refractivity contribution in [2.75, 3.05) is 27.4 Å². The first kappa shape index (κ1) is 17.7. The smallest absolute Gasteiger partial charge is 0.222 e. The van der Waals surface area contributed by atoms with Crippen molar-refractivity contribution in [1.29, 1.82) is 0 Å². The second-order valence-corrected chi connectivity index (χ2v) is 6.02. The van der Waals surface area contributed by atoms with Crippen molar-refractivity contribution >= 4 is 17.2 Å². The molecule has 1 amide bonds. The number of hydrogen-bond acceptors (Lipinski definition) is 4. The average Bonchev–Trinajstić information content (AvgIpc) is 2.86. The number of carbonyl (C=O) groups excluding carboxylic acids is 1. The Morgan fingerprint density at radius 1 is 1.57 bits per heavy atom. The van der Waals surface area contributed by atoms with Crippen LogP contribution in [0.2, 0.25) is 0 Å². The normalized spacial score (nSPS) is 11.6. The van der Waals surface area contributed by atoms with Crippen LogP contribution < -0.4 is 0 Å². The molecule has 1 unspecified atom stereocenters. The molecule has 0 bridgehead atoms. The predicted molar refractivity (Wildman–Crippen MR) is 85.0 cm³/mol. The average molecular weight is 309 g/mol. The number of aliphatic hydroxyl groups excluding tert-OH is 1. The van der Waals surface area contributed by atoms with E-state index in [1.54, 1.807) is 23.3 Å². The van der Waals surface area contributed by atoms with Crippen molar-refractivity contribution in [1.82, 2.24) is 4.90 Å². The molecule has 0 saturated carbocycles. The highest BCUT2D eigenvalue weighted by atomic mass is 32.1. The van der Waals surface area contributed by atoms with Gasteiger partial charge < -0.3 is 14.7 Å². The van der Waals surface area contributed by atoms with Gasteiger partial charge in [-0.2, -0.15) is 0 Å². The summed E-state index contributed by atoms with van der Waals surface area (Å²) in [4.78, 5) is 14.8. The highest BCUT2D eigenvalue weighted by Crippen LogP contribution is 2.16. The van der Waals surface area contributed by atoms with Crippen molar-refractivity contribution in [3.63, 3.8) is 0 Å². The second-order valence-electron chi connectivity index (χ2n) is 5.11. The number of nitrogens with zero attached hydrogens (tertiary/aromatic N) is 1. The van der Waals surface area contributed by atoms with Gasteiger partial charge in [0.2, 0.25) is 5.91 Å². The zero-order chi connectivity index (χ0) is 15.7. The van der Waals surface area contributed by atoms with Crippen LogP contribution in [0.4, 0.5) is 0 Å². The van der Waals surface area contributed by atoms with Gasteiger partial charge in [-0.1, -0.05) is 18.8 Å². The van der Waals surface area contributed by atoms with E-state index in [0.717, 1.165) is 10.4 Å². The summed E-state index contributed by atoms with van der Waals surface area (Å²) in [6.07, 6.45) is 0.987. The third-order valence-electron chi connectivity index (χ3n) is 2.92. The Balaban J connectivity index is 2.49. The quantitative estimate of drug-likeness (QED) is 0.785. The van der Waals surface area contributed by atoms with Crippen LogP contribution in [0.25, 0.3) is 0 Å². The summed E-state index contributed by atoms with van der Waals surface area (Å²) in [5.74, 6) is 6.26. The van der Waals surface area contributed by atoms with Crippen LogP contribution >= 0.6 is 11.3 Å². The fourth-order valence-electron chi connectivity index (χ4n) is 1.89. The molecule has 0 saturated heterocycles. The number of amides is 1. The van der Waals surface area contributed by atoms with Crippen LogP contribution in [0.3, 0.4) is 0 Å². The van der Waals surface area contributed by atoms with Gasteiger partial charge in [-0.05, 0) is 22.9 Å². The highest BCUT2D eigenvalue weighted by molar-refractivity contribution is 7.10. The van der Waals surface area contributed by atoms with Gasteiger partial charge in [-0.25, -0.2) is 0 Å². The van der Waals surface area contributed by atoms with Crippen molar-refractivity contribution in [3.05, 3.63) is 21.9 Å². The maximum Gasteiger partial charge on any atom is 0.222 e. The van der Waals surface area contributed by atoms with Gasteiger partial charge >= 0.3 is 0 Å². The van der Waals surface area contributed by atoms with Crippen molar-refractivity contribution in [3.8, 4) is 11.8 Å². The maximum absolute atomic E-state index is 12.1. The van der Waals surface area contributed by atoms with Crippen molar-refractivity contribution in [2.24, 2.45) is 5.92 Å². The largest absolute Gasteiger partial charge is 0.395 e. The van der Waals surface area contributed by atoms with Crippen LogP contribution in [0, 0.1) is 17.8 Å². The van der Waals surface area contributed by atoms with Gasteiger partial charge in [0.05, 0.1) is 11.5 Å². The Kier molecular flexibility index (Phi) is 8.06. The Labute approximate surface area is 130 Å². The lowest BCUT2D eigenvalue weighted by Gasteiger charge is -2.18. The molecule has 0 fully saturated rings. The Morgan fingerprint density at radius 2 is 2.33 bits per heavy atom. The van der Waals surface area contributed by atoms with Crippen LogP contribution in [0.15, 0.2) is 11.4 Å². The van der Waals surface area contributed by atoms with E-state index in [9.17, 15) is 4.79 Å². The summed E-state index contributed by atoms with van der Waals surface area (Å²) >= 11 is 1.56. The number of hydrogen-bond donors (Lipinski definition) is 1. The summed E-state index contributed by atoms with van der Waals surface area (Å²) in [6, 6.07) is 2.00. The molecule has 1 aromatic heterocycles. The molecule has 0 radical (unpaired) electrons. The molecule has 0 aromatic carbocycles. The first-order valence-electron chi connectivity index (χ1n) is 6.96. The number of rotatable bonds is 7. The summed E-state index contributed by atoms with van der Waals surface area (Å²) in [7, 11) is 3.46. The minimum atomic E-state index is 0.0854. The first-order valence-corrected chi connectivity index (χ1v) is 7.84. The number of methoxy groups -OCH3 is 1. The summed E-state index contributed by atoms with van der Waals surface area (Å²) in [5, 5.41) is 10.7. The molecule has 1 heterocycles. The van der Waals surface area contributed by atoms with Crippen LogP contribution in [0.1, 0.15) is 30.2 Å². The lowest BCUT2D eigenvalue weighted by atomic mass is 10.1. The Bertz CT molecular complexity index is 501. The van der Waals surface area contributed by atoms with Gasteiger partial charge in [0.1, 0.15) is 0 Å². The van der Waals surface area contributed by atoms with E-state index < -0.39 is 0 Å². The molecule has 21 heavy (non-hydrogen) atoms. The molecular weight excluding hydrogens is 286 g/mol. The monoisotopic (exact) mass is 309 g/mol. The molecule has 1 aromatic rings. The lowest BCUT2D eigenvalue weighted by Crippen LogP contribution is -2.28. The van der Waals surface area contributed by atoms with E-state index in [4.69, 9.17) is 9.84 Å². The Morgan fingerprint density at radius 3 is 3.00 bits per heavy atom. The molecule has 0 spiro atoms. The van der Waals surface area contributed by atoms with E-state index in [0.29, 0.717) is 26.0 Å². The molecule has 1 N–H and O–H groups in total. The van der Waals surface area contributed by atoms with E-state index >= 15 is 0 Å². The van der Waals surface area contributed by atoms with Gasteiger partial charge in [0.25, 0.3) is 0 Å². The van der Waals surface area contributed by atoms with Crippen molar-refractivity contribution in [2.45, 2.75) is 26.3 Å². The topological polar surface area (TPSA) is 49.8 Å². The van der Waals surface area contributed by atoms with Gasteiger partial charge in [-0.3, -0.25) is 4.79 Å². The highest BCUT2D eigenvalue weighted by Gasteiger charge is 2.14. The Hall–Kier alpha value is -1.35. The van der Waals surface area contributed by atoms with Crippen LogP contribution in [-0.2, 0) is 16.1 Å². The summed E-state index contributed by atoms with van der Waals surface area (Å²) < 4.78 is 5.05. The lowest BCUT2D eigenvalue weighted by molar-refractivity contribution is -0.131. The van der Waals surface area contributed by atoms with Gasteiger partial charge in [-0.15, -0.1) is 11.3 Å². The second kappa shape index (κ2) is 9.56. The fraction of sp³-hybridized carbons (Fsp3) is 0.562. The van der Waals surface area contributed by atoms with E-state index in [1.165, 1.54) is 0 Å². The number of carbonyl (C=O) groups is 1. The molecular formula is C16H23NO3S. The molecule has 1 rings (SSSR count). The number of thiophene rings is 1. The molecule has 5 heteroatoms. The summed E-state index contributed by atoms with van der Waals surface area (Å²) in [5.41, 5.74) is 1.09. The molecule has 0 aliphatic heterocycles. The van der Waals surface area contributed by atoms with Gasteiger partial charge in [0, 0.05) is 40.2 Å². The van der Waals surface area contributed by atoms with E-state index in [2.05, 4.69) is 11.8 Å². The van der Waals surface area contributed by atoms with Crippen LogP contribution in [0.5, 0.6) is 0 Å². The first-order chi connectivity index (χ1) is 10.1. The van der Waals surface area contributed by atoms with E-state index in [-0.39, 0.29) is 18.4 Å². The number of aliphatic hydroxyl groups is 1. The van der Waals surface area contributed by atoms with Crippen molar-refractivity contribution < 1.29 is 14.6 Å². The molecule has 4 nitrogen and oxygen atoms in total. The minimum absolute atomic E-state index is 0.0854. The SMILES string of the molecule is COCC(C)CC(=O)N(C)Cc1csc(C#CCCO)c1. The molecule has 0 aliphatic rings. The third-order valence-corrected chi connectivity index (χ3v) is 3.82. The van der Waals surface area contributed by atoms with E-state index in [1.807, 2.05) is 25.4 Å². The standard InChI is InChI=1S/C16H23NO3S/c1-13(11-20-3)8-16(19)17(2)10-14-9-15(21-12-14)6-4-5-7-18/h9,12-13,18H,5,7-8,10-11H2,1-3H3. The van der Waals surface area contributed by atoms with Crippen LogP contribution in [-0.4, -0.2) is 43.3 Å². The summed E-state index contributed by atoms with van der Waals surface area (Å²) in [6.45, 7) is 3.29. The fourth-order valence-corrected chi connectivity index (χ4v) is 2.66. The molecule has 0 aliphatic carbocycles. The third kappa shape index (κ3) is 6.76. The zero-order valence-corrected chi connectivity index (χ0v) is 13.7. The zero-order valence-electron chi connectivity index (χ0n) is 12.9.